The fourth-order valence-corrected chi connectivity index (χ4v) is 3.41. The summed E-state index contributed by atoms with van der Waals surface area (Å²) in [6.07, 6.45) is 1.62. The van der Waals surface area contributed by atoms with Gasteiger partial charge in [0.05, 0.1) is 25.7 Å². The fraction of sp³-hybridized carbons (Fsp3) is 0.200. The average molecular weight is 403 g/mol. The molecule has 1 fully saturated rings. The summed E-state index contributed by atoms with van der Waals surface area (Å²) in [4.78, 5) is 26.2. The molecule has 2 aromatic rings. The predicted octanol–water partition coefficient (Wildman–Crippen LogP) is 3.96. The van der Waals surface area contributed by atoms with E-state index in [9.17, 15) is 14.0 Å². The molecule has 1 saturated heterocycles. The van der Waals surface area contributed by atoms with Gasteiger partial charge in [0, 0.05) is 11.6 Å². The van der Waals surface area contributed by atoms with E-state index in [1.807, 2.05) is 0 Å². The number of carbonyl (C=O) groups is 2. The Morgan fingerprint density at radius 3 is 2.43 bits per heavy atom. The van der Waals surface area contributed by atoms with Crippen LogP contribution in [-0.2, 0) is 4.79 Å². The Kier molecular flexibility index (Phi) is 6.20. The van der Waals surface area contributed by atoms with Crippen molar-refractivity contribution in [2.75, 3.05) is 27.4 Å². The molecule has 0 spiro atoms. The Bertz CT molecular complexity index is 913. The van der Waals surface area contributed by atoms with Crippen molar-refractivity contribution in [3.8, 4) is 17.2 Å². The third-order valence-corrected chi connectivity index (χ3v) is 4.91. The van der Waals surface area contributed by atoms with Gasteiger partial charge < -0.3 is 14.2 Å². The highest BCUT2D eigenvalue weighted by Gasteiger charge is 2.35. The number of nitrogens with zero attached hydrogens (tertiary/aromatic N) is 1. The van der Waals surface area contributed by atoms with E-state index in [1.54, 1.807) is 31.4 Å². The summed E-state index contributed by atoms with van der Waals surface area (Å²) in [5.41, 5.74) is 0.663. The van der Waals surface area contributed by atoms with E-state index >= 15 is 0 Å². The second-order valence-electron chi connectivity index (χ2n) is 5.74. The maximum Gasteiger partial charge on any atom is 0.293 e. The van der Waals surface area contributed by atoms with E-state index in [0.717, 1.165) is 16.7 Å². The van der Waals surface area contributed by atoms with Crippen molar-refractivity contribution in [1.29, 1.82) is 0 Å². The summed E-state index contributed by atoms with van der Waals surface area (Å²) in [6, 6.07) is 10.7. The van der Waals surface area contributed by atoms with Crippen LogP contribution >= 0.6 is 11.8 Å². The molecule has 0 radical (unpaired) electrons. The summed E-state index contributed by atoms with van der Waals surface area (Å²) < 4.78 is 28.8. The van der Waals surface area contributed by atoms with Crippen LogP contribution in [0.3, 0.4) is 0 Å². The molecule has 6 nitrogen and oxygen atoms in total. The number of hydrogen-bond acceptors (Lipinski definition) is 6. The number of rotatable bonds is 7. The molecule has 0 aromatic heterocycles. The van der Waals surface area contributed by atoms with Gasteiger partial charge in [-0.25, -0.2) is 4.39 Å². The summed E-state index contributed by atoms with van der Waals surface area (Å²) in [5, 5.41) is -0.369. The van der Waals surface area contributed by atoms with Crippen molar-refractivity contribution in [3.05, 3.63) is 58.8 Å². The van der Waals surface area contributed by atoms with Crippen LogP contribution in [0.4, 0.5) is 9.18 Å². The van der Waals surface area contributed by atoms with Crippen molar-refractivity contribution in [1.82, 2.24) is 4.90 Å². The zero-order chi connectivity index (χ0) is 20.1. The summed E-state index contributed by atoms with van der Waals surface area (Å²) in [6.45, 7) is 0.210. The number of carbonyl (C=O) groups excluding carboxylic acids is 2. The zero-order valence-corrected chi connectivity index (χ0v) is 16.1. The first-order valence-corrected chi connectivity index (χ1v) is 9.19. The van der Waals surface area contributed by atoms with Gasteiger partial charge >= 0.3 is 0 Å². The zero-order valence-electron chi connectivity index (χ0n) is 15.3. The molecule has 2 aromatic carbocycles. The van der Waals surface area contributed by atoms with E-state index in [4.69, 9.17) is 14.2 Å². The minimum atomic E-state index is -0.393. The molecule has 3 rings (SSSR count). The molecule has 1 aliphatic rings. The molecule has 0 N–H and O–H groups in total. The number of amides is 2. The minimum absolute atomic E-state index is 0.0964. The summed E-state index contributed by atoms with van der Waals surface area (Å²) >= 11 is 0.861. The van der Waals surface area contributed by atoms with Crippen LogP contribution in [0.5, 0.6) is 17.2 Å². The van der Waals surface area contributed by atoms with Gasteiger partial charge in [-0.2, -0.15) is 0 Å². The lowest BCUT2D eigenvalue weighted by molar-refractivity contribution is -0.123. The summed E-state index contributed by atoms with van der Waals surface area (Å²) in [5.74, 6) is 0.866. The number of ether oxygens (including phenoxy) is 3. The lowest BCUT2D eigenvalue weighted by atomic mass is 10.1. The number of hydrogen-bond donors (Lipinski definition) is 0. The second kappa shape index (κ2) is 8.79. The SMILES string of the molecule is COc1ccc(C=C2SC(=O)N(CCOc3ccc(F)cc3)C2=O)c(OC)c1. The predicted molar refractivity (Wildman–Crippen MR) is 104 cm³/mol. The van der Waals surface area contributed by atoms with Crippen molar-refractivity contribution >= 4 is 29.0 Å². The molecule has 0 aliphatic carbocycles. The number of benzene rings is 2. The largest absolute Gasteiger partial charge is 0.497 e. The molecule has 146 valence electrons. The minimum Gasteiger partial charge on any atom is -0.497 e. The molecular formula is C20H18FNO5S. The Morgan fingerprint density at radius 2 is 1.75 bits per heavy atom. The smallest absolute Gasteiger partial charge is 0.293 e. The van der Waals surface area contributed by atoms with Crippen LogP contribution in [0, 0.1) is 5.82 Å². The van der Waals surface area contributed by atoms with Crippen molar-refractivity contribution in [2.45, 2.75) is 0 Å². The molecule has 8 heteroatoms. The van der Waals surface area contributed by atoms with E-state index in [2.05, 4.69) is 0 Å². The van der Waals surface area contributed by atoms with Crippen molar-refractivity contribution in [2.24, 2.45) is 0 Å². The number of methoxy groups -OCH3 is 2. The number of halogens is 1. The molecule has 0 saturated carbocycles. The third-order valence-electron chi connectivity index (χ3n) is 4.00. The highest BCUT2D eigenvalue weighted by atomic mass is 32.2. The fourth-order valence-electron chi connectivity index (χ4n) is 2.56. The molecule has 0 bridgehead atoms. The van der Waals surface area contributed by atoms with Crippen molar-refractivity contribution in [3.63, 3.8) is 0 Å². The Morgan fingerprint density at radius 1 is 1.04 bits per heavy atom. The monoisotopic (exact) mass is 403 g/mol. The third kappa shape index (κ3) is 4.45. The standard InChI is InChI=1S/C20H18FNO5S/c1-25-16-6-3-13(17(12-16)26-2)11-18-19(23)22(20(24)28-18)9-10-27-15-7-4-14(21)5-8-15/h3-8,11-12H,9-10H2,1-2H3. The normalized spacial score (nSPS) is 15.2. The molecule has 1 heterocycles. The van der Waals surface area contributed by atoms with Gasteiger partial charge in [0.2, 0.25) is 0 Å². The van der Waals surface area contributed by atoms with Crippen LogP contribution in [0.15, 0.2) is 47.4 Å². The van der Waals surface area contributed by atoms with Gasteiger partial charge in [0.1, 0.15) is 29.7 Å². The number of imide groups is 1. The maximum absolute atomic E-state index is 12.9. The molecule has 1 aliphatic heterocycles. The second-order valence-corrected chi connectivity index (χ2v) is 6.74. The first kappa shape index (κ1) is 19.8. The van der Waals surface area contributed by atoms with E-state index < -0.39 is 5.91 Å². The lowest BCUT2D eigenvalue weighted by Crippen LogP contribution is -2.32. The van der Waals surface area contributed by atoms with Crippen LogP contribution in [0.1, 0.15) is 5.56 Å². The van der Waals surface area contributed by atoms with E-state index in [1.165, 1.54) is 31.4 Å². The van der Waals surface area contributed by atoms with Gasteiger partial charge in [0.25, 0.3) is 11.1 Å². The quantitative estimate of drug-likeness (QED) is 0.652. The highest BCUT2D eigenvalue weighted by Crippen LogP contribution is 2.34. The molecular weight excluding hydrogens is 385 g/mol. The highest BCUT2D eigenvalue weighted by molar-refractivity contribution is 8.18. The molecule has 2 amide bonds. The van der Waals surface area contributed by atoms with Gasteiger partial charge in [0.15, 0.2) is 0 Å². The topological polar surface area (TPSA) is 65.1 Å². The average Bonchev–Trinajstić information content (AvgIpc) is 2.97. The van der Waals surface area contributed by atoms with Crippen molar-refractivity contribution < 1.29 is 28.2 Å². The maximum atomic E-state index is 12.9. The Labute approximate surface area is 165 Å². The van der Waals surface area contributed by atoms with E-state index in [0.29, 0.717) is 27.7 Å². The van der Waals surface area contributed by atoms with Gasteiger partial charge in [-0.05, 0) is 54.2 Å². The Balaban J connectivity index is 1.67. The first-order chi connectivity index (χ1) is 13.5. The van der Waals surface area contributed by atoms with E-state index in [-0.39, 0.29) is 24.2 Å². The molecule has 28 heavy (non-hydrogen) atoms. The van der Waals surface area contributed by atoms with Gasteiger partial charge in [-0.15, -0.1) is 0 Å². The van der Waals surface area contributed by atoms with Gasteiger partial charge in [-0.1, -0.05) is 0 Å². The van der Waals surface area contributed by atoms with Crippen LogP contribution in [0.25, 0.3) is 6.08 Å². The molecule has 0 atom stereocenters. The van der Waals surface area contributed by atoms with Crippen LogP contribution in [-0.4, -0.2) is 43.4 Å². The molecule has 0 unspecified atom stereocenters. The van der Waals surface area contributed by atoms with Gasteiger partial charge in [-0.3, -0.25) is 14.5 Å². The lowest BCUT2D eigenvalue weighted by Gasteiger charge is -2.13. The van der Waals surface area contributed by atoms with Crippen LogP contribution in [0.2, 0.25) is 0 Å². The summed E-state index contributed by atoms with van der Waals surface area (Å²) in [7, 11) is 3.07. The first-order valence-electron chi connectivity index (χ1n) is 8.37. The Hall–Kier alpha value is -3.00. The van der Waals surface area contributed by atoms with Crippen LogP contribution < -0.4 is 14.2 Å². The number of thioether (sulfide) groups is 1.